The zero-order valence-electron chi connectivity index (χ0n) is 17.1. The minimum Gasteiger partial charge on any atom is -0.323 e. The van der Waals surface area contributed by atoms with Crippen LogP contribution in [0.3, 0.4) is 0 Å². The fourth-order valence-corrected chi connectivity index (χ4v) is 4.94. The Morgan fingerprint density at radius 1 is 1.07 bits per heavy atom. The monoisotopic (exact) mass is 384 g/mol. The summed E-state index contributed by atoms with van der Waals surface area (Å²) in [6.45, 7) is 9.31. The SMILES string of the molecule is Cc1ccccc1CN1CCN(CN2C(=O)N[C@@]3(CCCC[C@H]3C)C2=O)CC1. The molecule has 1 aromatic rings. The van der Waals surface area contributed by atoms with Gasteiger partial charge in [0, 0.05) is 32.7 Å². The maximum atomic E-state index is 13.1. The first-order valence-electron chi connectivity index (χ1n) is 10.6. The summed E-state index contributed by atoms with van der Waals surface area (Å²) in [7, 11) is 0. The molecule has 2 atom stereocenters. The zero-order chi connectivity index (χ0) is 19.7. The third-order valence-corrected chi connectivity index (χ3v) is 6.96. The van der Waals surface area contributed by atoms with Crippen LogP contribution in [0.2, 0.25) is 0 Å². The number of nitrogens with one attached hydrogen (secondary N) is 1. The summed E-state index contributed by atoms with van der Waals surface area (Å²) in [5.41, 5.74) is 2.05. The summed E-state index contributed by atoms with van der Waals surface area (Å²) in [5, 5.41) is 3.06. The number of rotatable bonds is 4. The Hall–Kier alpha value is -1.92. The van der Waals surface area contributed by atoms with Crippen molar-refractivity contribution < 1.29 is 9.59 Å². The molecule has 2 heterocycles. The molecule has 3 fully saturated rings. The van der Waals surface area contributed by atoms with Crippen molar-refractivity contribution >= 4 is 11.9 Å². The molecule has 4 rings (SSSR count). The van der Waals surface area contributed by atoms with E-state index in [1.54, 1.807) is 0 Å². The van der Waals surface area contributed by atoms with Gasteiger partial charge in [-0.3, -0.25) is 14.6 Å². The van der Waals surface area contributed by atoms with Gasteiger partial charge < -0.3 is 5.32 Å². The standard InChI is InChI=1S/C22H32N4O2/c1-17-7-3-4-9-19(17)15-24-11-13-25(14-12-24)16-26-20(27)22(23-21(26)28)10-6-5-8-18(22)2/h3-4,7,9,18H,5-6,8,10-16H2,1-2H3,(H,23,28)/t18-,22-/m1/s1. The Bertz CT molecular complexity index is 744. The van der Waals surface area contributed by atoms with Gasteiger partial charge >= 0.3 is 6.03 Å². The van der Waals surface area contributed by atoms with E-state index in [0.29, 0.717) is 6.67 Å². The summed E-state index contributed by atoms with van der Waals surface area (Å²) < 4.78 is 0. The van der Waals surface area contributed by atoms with Crippen LogP contribution >= 0.6 is 0 Å². The number of hydrogen-bond donors (Lipinski definition) is 1. The van der Waals surface area contributed by atoms with Gasteiger partial charge in [-0.15, -0.1) is 0 Å². The molecule has 152 valence electrons. The van der Waals surface area contributed by atoms with E-state index in [9.17, 15) is 9.59 Å². The molecule has 1 aliphatic carbocycles. The molecular formula is C22H32N4O2. The molecule has 0 aromatic heterocycles. The van der Waals surface area contributed by atoms with Crippen molar-refractivity contribution in [1.82, 2.24) is 20.0 Å². The lowest BCUT2D eigenvalue weighted by Gasteiger charge is -2.38. The number of aryl methyl sites for hydroxylation is 1. The van der Waals surface area contributed by atoms with Gasteiger partial charge in [-0.05, 0) is 36.8 Å². The first kappa shape index (κ1) is 19.4. The van der Waals surface area contributed by atoms with Gasteiger partial charge in [-0.25, -0.2) is 9.69 Å². The van der Waals surface area contributed by atoms with E-state index in [4.69, 9.17) is 0 Å². The molecule has 2 aliphatic heterocycles. The van der Waals surface area contributed by atoms with Crippen LogP contribution in [0.5, 0.6) is 0 Å². The largest absolute Gasteiger partial charge is 0.326 e. The lowest BCUT2D eigenvalue weighted by Crippen LogP contribution is -2.55. The van der Waals surface area contributed by atoms with E-state index in [1.807, 2.05) is 0 Å². The number of carbonyl (C=O) groups excluding carboxylic acids is 2. The van der Waals surface area contributed by atoms with Crippen molar-refractivity contribution in [2.24, 2.45) is 5.92 Å². The fourth-order valence-electron chi connectivity index (χ4n) is 4.94. The van der Waals surface area contributed by atoms with Crippen LogP contribution in [0, 0.1) is 12.8 Å². The van der Waals surface area contributed by atoms with Crippen molar-refractivity contribution in [2.45, 2.75) is 51.6 Å². The van der Waals surface area contributed by atoms with Gasteiger partial charge in [-0.2, -0.15) is 0 Å². The second-order valence-corrected chi connectivity index (χ2v) is 8.74. The summed E-state index contributed by atoms with van der Waals surface area (Å²) in [6, 6.07) is 8.32. The third kappa shape index (κ3) is 3.55. The molecule has 2 saturated heterocycles. The number of carbonyl (C=O) groups is 2. The number of piperazine rings is 1. The smallest absolute Gasteiger partial charge is 0.323 e. The average molecular weight is 385 g/mol. The van der Waals surface area contributed by atoms with Crippen molar-refractivity contribution in [1.29, 1.82) is 0 Å². The highest BCUT2D eigenvalue weighted by molar-refractivity contribution is 6.07. The second-order valence-electron chi connectivity index (χ2n) is 8.74. The highest BCUT2D eigenvalue weighted by Gasteiger charge is 2.55. The van der Waals surface area contributed by atoms with Crippen molar-refractivity contribution in [2.75, 3.05) is 32.8 Å². The molecule has 0 bridgehead atoms. The average Bonchev–Trinajstić information content (AvgIpc) is 2.92. The molecule has 3 amide bonds. The molecule has 3 aliphatic rings. The Morgan fingerprint density at radius 3 is 2.50 bits per heavy atom. The molecule has 0 radical (unpaired) electrons. The molecule has 1 spiro atoms. The molecule has 1 aromatic carbocycles. The summed E-state index contributed by atoms with van der Waals surface area (Å²) >= 11 is 0. The van der Waals surface area contributed by atoms with Crippen LogP contribution < -0.4 is 5.32 Å². The van der Waals surface area contributed by atoms with Crippen LogP contribution in [0.25, 0.3) is 0 Å². The topological polar surface area (TPSA) is 55.9 Å². The molecule has 6 heteroatoms. The molecule has 28 heavy (non-hydrogen) atoms. The lowest BCUT2D eigenvalue weighted by atomic mass is 9.73. The van der Waals surface area contributed by atoms with Crippen molar-refractivity contribution in [3.8, 4) is 0 Å². The third-order valence-electron chi connectivity index (χ3n) is 6.96. The fraction of sp³-hybridized carbons (Fsp3) is 0.636. The predicted molar refractivity (Wildman–Crippen MR) is 109 cm³/mol. The summed E-state index contributed by atoms with van der Waals surface area (Å²) in [6.07, 6.45) is 3.95. The van der Waals surface area contributed by atoms with E-state index in [-0.39, 0.29) is 17.9 Å². The van der Waals surface area contributed by atoms with Crippen LogP contribution in [-0.2, 0) is 11.3 Å². The number of amides is 3. The Balaban J connectivity index is 1.33. The highest BCUT2D eigenvalue weighted by Crippen LogP contribution is 2.38. The minimum absolute atomic E-state index is 0.00737. The maximum Gasteiger partial charge on any atom is 0.326 e. The Kier molecular flexibility index (Phi) is 5.43. The van der Waals surface area contributed by atoms with E-state index < -0.39 is 5.54 Å². The number of hydrogen-bond acceptors (Lipinski definition) is 4. The summed E-state index contributed by atoms with van der Waals surface area (Å²) in [4.78, 5) is 31.8. The number of benzene rings is 1. The van der Waals surface area contributed by atoms with Gasteiger partial charge in [0.05, 0.1) is 6.67 Å². The quantitative estimate of drug-likeness (QED) is 0.811. The first-order valence-corrected chi connectivity index (χ1v) is 10.6. The Labute approximate surface area is 167 Å². The summed E-state index contributed by atoms with van der Waals surface area (Å²) in [5.74, 6) is 0.209. The highest BCUT2D eigenvalue weighted by atomic mass is 16.2. The van der Waals surface area contributed by atoms with E-state index >= 15 is 0 Å². The van der Waals surface area contributed by atoms with E-state index in [1.165, 1.54) is 16.0 Å². The zero-order valence-corrected chi connectivity index (χ0v) is 17.1. The molecule has 1 N–H and O–H groups in total. The van der Waals surface area contributed by atoms with Gasteiger partial charge in [0.1, 0.15) is 5.54 Å². The number of nitrogens with zero attached hydrogens (tertiary/aromatic N) is 3. The number of urea groups is 1. The minimum atomic E-state index is -0.651. The van der Waals surface area contributed by atoms with Crippen molar-refractivity contribution in [3.05, 3.63) is 35.4 Å². The van der Waals surface area contributed by atoms with Gasteiger partial charge in [0.2, 0.25) is 0 Å². The lowest BCUT2D eigenvalue weighted by molar-refractivity contribution is -0.136. The van der Waals surface area contributed by atoms with E-state index in [0.717, 1.165) is 58.4 Å². The molecule has 0 unspecified atom stereocenters. The van der Waals surface area contributed by atoms with E-state index in [2.05, 4.69) is 53.2 Å². The number of imide groups is 1. The second kappa shape index (κ2) is 7.84. The molecule has 6 nitrogen and oxygen atoms in total. The molecule has 1 saturated carbocycles. The maximum absolute atomic E-state index is 13.1. The van der Waals surface area contributed by atoms with Crippen LogP contribution in [0.4, 0.5) is 4.79 Å². The normalized spacial score (nSPS) is 29.5. The van der Waals surface area contributed by atoms with Crippen LogP contribution in [0.1, 0.15) is 43.7 Å². The predicted octanol–water partition coefficient (Wildman–Crippen LogP) is 2.57. The van der Waals surface area contributed by atoms with Crippen molar-refractivity contribution in [3.63, 3.8) is 0 Å². The van der Waals surface area contributed by atoms with Crippen LogP contribution in [0.15, 0.2) is 24.3 Å². The van der Waals surface area contributed by atoms with Crippen LogP contribution in [-0.4, -0.2) is 65.0 Å². The Morgan fingerprint density at radius 2 is 1.79 bits per heavy atom. The van der Waals surface area contributed by atoms with Gasteiger partial charge in [-0.1, -0.05) is 44.0 Å². The van der Waals surface area contributed by atoms with Gasteiger partial charge in [0.25, 0.3) is 5.91 Å². The molecular weight excluding hydrogens is 352 g/mol. The van der Waals surface area contributed by atoms with Gasteiger partial charge in [0.15, 0.2) is 0 Å². The first-order chi connectivity index (χ1) is 13.5.